The van der Waals surface area contributed by atoms with Crippen molar-refractivity contribution in [3.8, 4) is 11.5 Å². The van der Waals surface area contributed by atoms with Crippen LogP contribution in [0.4, 0.5) is 13.2 Å². The zero-order valence-corrected chi connectivity index (χ0v) is 13.2. The summed E-state index contributed by atoms with van der Waals surface area (Å²) in [6.07, 6.45) is -2.34. The summed E-state index contributed by atoms with van der Waals surface area (Å²) >= 11 is 0. The van der Waals surface area contributed by atoms with Crippen molar-refractivity contribution in [1.82, 2.24) is 5.32 Å². The van der Waals surface area contributed by atoms with Crippen molar-refractivity contribution in [2.75, 3.05) is 13.2 Å². The predicted molar refractivity (Wildman–Crippen MR) is 81.2 cm³/mol. The molecule has 0 aromatic heterocycles. The molecule has 0 saturated carbocycles. The molecule has 4 nitrogen and oxygen atoms in total. The fraction of sp³-hybridized carbons (Fsp3) is 0.438. The Bertz CT molecular complexity index is 581. The van der Waals surface area contributed by atoms with Gasteiger partial charge in [0.1, 0.15) is 5.56 Å². The number of alkyl halides is 3. The molecule has 0 unspecified atom stereocenters. The van der Waals surface area contributed by atoms with Gasteiger partial charge in [-0.3, -0.25) is 4.79 Å². The van der Waals surface area contributed by atoms with E-state index in [1.807, 2.05) is 13.8 Å². The topological polar surface area (TPSA) is 58.6 Å². The van der Waals surface area contributed by atoms with E-state index in [2.05, 4.69) is 5.32 Å². The van der Waals surface area contributed by atoms with Gasteiger partial charge in [0.25, 0.3) is 0 Å². The van der Waals surface area contributed by atoms with Gasteiger partial charge in [-0.05, 0) is 36.6 Å². The van der Waals surface area contributed by atoms with Gasteiger partial charge >= 0.3 is 6.18 Å². The van der Waals surface area contributed by atoms with E-state index in [0.29, 0.717) is 6.54 Å². The number of ether oxygens (including phenoxy) is 1. The second-order valence-corrected chi connectivity index (χ2v) is 5.32. The van der Waals surface area contributed by atoms with E-state index >= 15 is 0 Å². The minimum Gasteiger partial charge on any atom is -0.504 e. The number of amides is 1. The molecule has 0 bridgehead atoms. The van der Waals surface area contributed by atoms with Gasteiger partial charge in [0.2, 0.25) is 5.91 Å². The third-order valence-electron chi connectivity index (χ3n) is 2.80. The number of halogens is 3. The Morgan fingerprint density at radius 1 is 1.39 bits per heavy atom. The average molecular weight is 331 g/mol. The molecule has 0 aliphatic carbocycles. The van der Waals surface area contributed by atoms with E-state index in [-0.39, 0.29) is 18.1 Å². The Hall–Kier alpha value is -2.18. The smallest absolute Gasteiger partial charge is 0.420 e. The molecule has 23 heavy (non-hydrogen) atoms. The molecular weight excluding hydrogens is 311 g/mol. The van der Waals surface area contributed by atoms with Crippen molar-refractivity contribution in [3.05, 3.63) is 29.3 Å². The van der Waals surface area contributed by atoms with E-state index in [9.17, 15) is 23.1 Å². The van der Waals surface area contributed by atoms with Crippen LogP contribution in [-0.2, 0) is 11.0 Å². The molecule has 0 aliphatic heterocycles. The van der Waals surface area contributed by atoms with Gasteiger partial charge in [0.05, 0.1) is 6.61 Å². The van der Waals surface area contributed by atoms with Crippen LogP contribution in [0.3, 0.4) is 0 Å². The molecule has 0 radical (unpaired) electrons. The third kappa shape index (κ3) is 5.84. The number of hydrogen-bond donors (Lipinski definition) is 2. The second-order valence-electron chi connectivity index (χ2n) is 5.32. The minimum atomic E-state index is -4.67. The number of carbonyl (C=O) groups excluding carboxylic acids is 1. The van der Waals surface area contributed by atoms with Gasteiger partial charge in [-0.25, -0.2) is 0 Å². The normalized spacial score (nSPS) is 12.0. The highest BCUT2D eigenvalue weighted by atomic mass is 19.4. The number of phenolic OH excluding ortho intramolecular Hbond substituents is 1. The summed E-state index contributed by atoms with van der Waals surface area (Å²) in [6, 6.07) is 1.95. The molecule has 1 amide bonds. The predicted octanol–water partition coefficient (Wildman–Crippen LogP) is 3.60. The standard InChI is InChI=1S/C16H20F3NO3/c1-4-23-15-12(16(17,18)19)7-11(8-13(15)21)5-6-14(22)20-9-10(2)3/h5-8,10,21H,4,9H2,1-3H3,(H,20,22)/b6-5+. The maximum atomic E-state index is 13.0. The number of benzene rings is 1. The van der Waals surface area contributed by atoms with Gasteiger partial charge in [-0.1, -0.05) is 13.8 Å². The van der Waals surface area contributed by atoms with Crippen LogP contribution in [0.25, 0.3) is 6.08 Å². The highest BCUT2D eigenvalue weighted by molar-refractivity contribution is 5.91. The Balaban J connectivity index is 3.05. The monoisotopic (exact) mass is 331 g/mol. The van der Waals surface area contributed by atoms with Gasteiger partial charge in [0, 0.05) is 12.6 Å². The van der Waals surface area contributed by atoms with E-state index < -0.39 is 29.1 Å². The summed E-state index contributed by atoms with van der Waals surface area (Å²) in [6.45, 7) is 5.82. The van der Waals surface area contributed by atoms with E-state index in [4.69, 9.17) is 4.74 Å². The number of carbonyl (C=O) groups is 1. The van der Waals surface area contributed by atoms with E-state index in [0.717, 1.165) is 18.2 Å². The summed E-state index contributed by atoms with van der Waals surface area (Å²) in [5, 5.41) is 12.4. The van der Waals surface area contributed by atoms with Crippen LogP contribution in [0, 0.1) is 5.92 Å². The first-order valence-corrected chi connectivity index (χ1v) is 7.18. The van der Waals surface area contributed by atoms with Gasteiger partial charge in [-0.15, -0.1) is 0 Å². The fourth-order valence-electron chi connectivity index (χ4n) is 1.77. The zero-order chi connectivity index (χ0) is 17.6. The lowest BCUT2D eigenvalue weighted by Crippen LogP contribution is -2.25. The molecular formula is C16H20F3NO3. The minimum absolute atomic E-state index is 0.0105. The Morgan fingerprint density at radius 2 is 2.04 bits per heavy atom. The first-order chi connectivity index (χ1) is 10.6. The molecule has 1 aromatic carbocycles. The molecule has 2 N–H and O–H groups in total. The van der Waals surface area contributed by atoms with Crippen molar-refractivity contribution in [3.63, 3.8) is 0 Å². The lowest BCUT2D eigenvalue weighted by molar-refractivity contribution is -0.139. The molecule has 0 heterocycles. The highest BCUT2D eigenvalue weighted by Crippen LogP contribution is 2.42. The van der Waals surface area contributed by atoms with Crippen molar-refractivity contribution in [2.45, 2.75) is 26.9 Å². The van der Waals surface area contributed by atoms with E-state index in [1.165, 1.54) is 13.0 Å². The van der Waals surface area contributed by atoms with Crippen LogP contribution in [0.1, 0.15) is 31.9 Å². The van der Waals surface area contributed by atoms with Crippen LogP contribution in [-0.4, -0.2) is 24.2 Å². The maximum absolute atomic E-state index is 13.0. The van der Waals surface area contributed by atoms with Crippen molar-refractivity contribution >= 4 is 12.0 Å². The number of nitrogens with one attached hydrogen (secondary N) is 1. The van der Waals surface area contributed by atoms with Crippen molar-refractivity contribution in [1.29, 1.82) is 0 Å². The zero-order valence-electron chi connectivity index (χ0n) is 13.2. The lowest BCUT2D eigenvalue weighted by Gasteiger charge is -2.15. The van der Waals surface area contributed by atoms with Gasteiger partial charge in [0.15, 0.2) is 11.5 Å². The van der Waals surface area contributed by atoms with Crippen molar-refractivity contribution in [2.24, 2.45) is 5.92 Å². The van der Waals surface area contributed by atoms with Crippen molar-refractivity contribution < 1.29 is 27.8 Å². The Morgan fingerprint density at radius 3 is 2.57 bits per heavy atom. The number of phenols is 1. The van der Waals surface area contributed by atoms with Gasteiger partial charge in [-0.2, -0.15) is 13.2 Å². The van der Waals surface area contributed by atoms with Crippen LogP contribution >= 0.6 is 0 Å². The van der Waals surface area contributed by atoms with Crippen LogP contribution in [0.2, 0.25) is 0 Å². The maximum Gasteiger partial charge on any atom is 0.420 e. The van der Waals surface area contributed by atoms with Crippen LogP contribution in [0.15, 0.2) is 18.2 Å². The van der Waals surface area contributed by atoms with Crippen LogP contribution in [0.5, 0.6) is 11.5 Å². The third-order valence-corrected chi connectivity index (χ3v) is 2.80. The molecule has 1 aromatic rings. The highest BCUT2D eigenvalue weighted by Gasteiger charge is 2.36. The Kier molecular flexibility index (Phi) is 6.48. The Labute approximate surface area is 133 Å². The molecule has 1 rings (SSSR count). The summed E-state index contributed by atoms with van der Waals surface area (Å²) in [7, 11) is 0. The van der Waals surface area contributed by atoms with E-state index in [1.54, 1.807) is 0 Å². The SMILES string of the molecule is CCOc1c(O)cc(/C=C/C(=O)NCC(C)C)cc1C(F)(F)F. The second kappa shape index (κ2) is 7.89. The number of hydrogen-bond acceptors (Lipinski definition) is 3. The molecule has 0 spiro atoms. The molecule has 0 fully saturated rings. The number of rotatable bonds is 6. The summed E-state index contributed by atoms with van der Waals surface area (Å²) in [4.78, 5) is 11.5. The van der Waals surface area contributed by atoms with Crippen LogP contribution < -0.4 is 10.1 Å². The summed E-state index contributed by atoms with van der Waals surface area (Å²) in [5.41, 5.74) is -1.03. The quantitative estimate of drug-likeness (QED) is 0.783. The fourth-order valence-corrected chi connectivity index (χ4v) is 1.77. The summed E-state index contributed by atoms with van der Waals surface area (Å²) < 4.78 is 44.0. The first-order valence-electron chi connectivity index (χ1n) is 7.18. The molecule has 128 valence electrons. The lowest BCUT2D eigenvalue weighted by atomic mass is 10.1. The summed E-state index contributed by atoms with van der Waals surface area (Å²) in [5.74, 6) is -1.38. The van der Waals surface area contributed by atoms with Gasteiger partial charge < -0.3 is 15.2 Å². The largest absolute Gasteiger partial charge is 0.504 e. The average Bonchev–Trinajstić information content (AvgIpc) is 2.44. The molecule has 0 saturated heterocycles. The molecule has 0 atom stereocenters. The number of aromatic hydroxyl groups is 1. The first kappa shape index (κ1) is 18.9. The molecule has 7 heteroatoms. The molecule has 0 aliphatic rings.